The number of nitrogens with zero attached hydrogens (tertiary/aromatic N) is 2. The molecule has 1 aliphatic heterocycles. The third kappa shape index (κ3) is 1.70. The lowest BCUT2D eigenvalue weighted by Crippen LogP contribution is -2.45. The van der Waals surface area contributed by atoms with Gasteiger partial charge < -0.3 is 0 Å². The van der Waals surface area contributed by atoms with Gasteiger partial charge in [-0.2, -0.15) is 0 Å². The highest BCUT2D eigenvalue weighted by atomic mass is 16.2. The van der Waals surface area contributed by atoms with Gasteiger partial charge in [0, 0.05) is 0 Å². The molecule has 5 nitrogen and oxygen atoms in total. The van der Waals surface area contributed by atoms with Crippen LogP contribution < -0.4 is 10.4 Å². The van der Waals surface area contributed by atoms with Gasteiger partial charge in [-0.1, -0.05) is 18.2 Å². The third-order valence-corrected chi connectivity index (χ3v) is 2.44. The Kier molecular flexibility index (Phi) is 2.72. The van der Waals surface area contributed by atoms with Gasteiger partial charge >= 0.3 is 5.91 Å². The van der Waals surface area contributed by atoms with Gasteiger partial charge in [0.2, 0.25) is 0 Å². The van der Waals surface area contributed by atoms with Crippen LogP contribution >= 0.6 is 0 Å². The Bertz CT molecular complexity index is 416. The monoisotopic (exact) mass is 219 g/mol. The van der Waals surface area contributed by atoms with Crippen LogP contribution in [0.1, 0.15) is 0 Å². The fourth-order valence-corrected chi connectivity index (χ4v) is 1.59. The lowest BCUT2D eigenvalue weighted by Gasteiger charge is -2.20. The maximum absolute atomic E-state index is 11.7. The molecule has 0 aliphatic carbocycles. The molecule has 1 aromatic rings. The zero-order valence-corrected chi connectivity index (χ0v) is 9.18. The maximum atomic E-state index is 11.7. The van der Waals surface area contributed by atoms with Crippen molar-refractivity contribution < 1.29 is 9.59 Å². The summed E-state index contributed by atoms with van der Waals surface area (Å²) in [4.78, 5) is 25.0. The molecule has 1 aliphatic rings. The highest BCUT2D eigenvalue weighted by Gasteiger charge is 2.40. The molecule has 0 radical (unpaired) electrons. The van der Waals surface area contributed by atoms with Crippen LogP contribution in [0.25, 0.3) is 0 Å². The highest BCUT2D eigenvalue weighted by Crippen LogP contribution is 2.16. The first-order valence-corrected chi connectivity index (χ1v) is 4.97. The average molecular weight is 219 g/mol. The third-order valence-electron chi connectivity index (χ3n) is 2.44. The summed E-state index contributed by atoms with van der Waals surface area (Å²) in [5.74, 6) is -0.959. The summed E-state index contributed by atoms with van der Waals surface area (Å²) in [6.45, 7) is 0. The normalized spacial score (nSPS) is 20.9. The number of rotatable bonds is 2. The second-order valence-corrected chi connectivity index (χ2v) is 3.84. The number of benzene rings is 1. The van der Waals surface area contributed by atoms with Crippen LogP contribution in [0.15, 0.2) is 30.3 Å². The van der Waals surface area contributed by atoms with Crippen molar-refractivity contribution in [3.05, 3.63) is 30.3 Å². The Morgan fingerprint density at radius 3 is 2.31 bits per heavy atom. The first kappa shape index (κ1) is 10.8. The van der Waals surface area contributed by atoms with E-state index in [1.54, 1.807) is 31.1 Å². The number of likely N-dealkylation sites (N-methyl/N-ethyl adjacent to an activating group) is 1. The van der Waals surface area contributed by atoms with Crippen LogP contribution in [-0.4, -0.2) is 36.9 Å². The fraction of sp³-hybridized carbons (Fsp3) is 0.273. The van der Waals surface area contributed by atoms with Gasteiger partial charge in [0.15, 0.2) is 0 Å². The van der Waals surface area contributed by atoms with Crippen molar-refractivity contribution in [1.29, 1.82) is 0 Å². The topological polar surface area (TPSA) is 52.6 Å². The number of nitrogens with one attached hydrogen (secondary N) is 1. The molecule has 1 saturated heterocycles. The summed E-state index contributed by atoms with van der Waals surface area (Å²) in [5, 5.41) is 1.28. The van der Waals surface area contributed by atoms with Gasteiger partial charge in [-0.3, -0.25) is 14.5 Å². The number of anilines is 1. The van der Waals surface area contributed by atoms with Gasteiger partial charge in [-0.15, -0.1) is 0 Å². The number of carbonyl (C=O) groups is 2. The number of carbonyl (C=O) groups excluding carboxylic acids is 2. The zero-order valence-electron chi connectivity index (χ0n) is 9.18. The van der Waals surface area contributed by atoms with E-state index in [-0.39, 0.29) is 0 Å². The van der Waals surface area contributed by atoms with E-state index in [1.165, 1.54) is 5.01 Å². The molecule has 1 N–H and O–H groups in total. The first-order valence-electron chi connectivity index (χ1n) is 4.97. The van der Waals surface area contributed by atoms with Crippen molar-refractivity contribution in [3.8, 4) is 0 Å². The number of amides is 1. The zero-order chi connectivity index (χ0) is 11.7. The Balaban J connectivity index is 2.27. The first-order chi connectivity index (χ1) is 7.61. The molecular formula is C11H13N3O2. The quantitative estimate of drug-likeness (QED) is 0.711. The molecule has 1 aromatic carbocycles. The van der Waals surface area contributed by atoms with Crippen molar-refractivity contribution in [2.75, 3.05) is 19.1 Å². The Morgan fingerprint density at radius 1 is 1.19 bits per heavy atom. The molecule has 84 valence electrons. The van der Waals surface area contributed by atoms with Crippen LogP contribution in [0.5, 0.6) is 0 Å². The molecule has 1 atom stereocenters. The fourth-order valence-electron chi connectivity index (χ4n) is 1.59. The van der Waals surface area contributed by atoms with Gasteiger partial charge in [0.05, 0.1) is 5.69 Å². The van der Waals surface area contributed by atoms with E-state index in [4.69, 9.17) is 0 Å². The number of ketones is 1. The van der Waals surface area contributed by atoms with E-state index in [2.05, 4.69) is 5.43 Å². The van der Waals surface area contributed by atoms with Gasteiger partial charge in [0.25, 0.3) is 5.78 Å². The number of hydrogen-bond donors (Lipinski definition) is 1. The summed E-state index contributed by atoms with van der Waals surface area (Å²) in [7, 11) is 3.49. The smallest absolute Gasteiger partial charge is 0.286 e. The van der Waals surface area contributed by atoms with Crippen molar-refractivity contribution in [2.45, 2.75) is 6.17 Å². The Hall–Kier alpha value is -1.72. The lowest BCUT2D eigenvalue weighted by molar-refractivity contribution is -0.135. The van der Waals surface area contributed by atoms with Crippen molar-refractivity contribution in [2.24, 2.45) is 0 Å². The van der Waals surface area contributed by atoms with Gasteiger partial charge in [-0.05, 0) is 26.2 Å². The Labute approximate surface area is 93.6 Å². The molecule has 2 rings (SSSR count). The number of para-hydroxylation sites is 1. The lowest BCUT2D eigenvalue weighted by atomic mass is 10.3. The summed E-state index contributed by atoms with van der Waals surface area (Å²) < 4.78 is 0. The molecule has 1 amide bonds. The molecule has 16 heavy (non-hydrogen) atoms. The SMILES string of the molecule is CN(C)C1NN(c2ccccc2)C(=O)C1=O. The van der Waals surface area contributed by atoms with E-state index in [0.717, 1.165) is 0 Å². The van der Waals surface area contributed by atoms with Gasteiger partial charge in [0.1, 0.15) is 6.17 Å². The number of Topliss-reactive ketones (excluding diaryl/α,β-unsaturated/α-hetero) is 1. The van der Waals surface area contributed by atoms with E-state index in [9.17, 15) is 9.59 Å². The predicted octanol–water partition coefficient (Wildman–Crippen LogP) is -0.00540. The van der Waals surface area contributed by atoms with Crippen LogP contribution in [-0.2, 0) is 9.59 Å². The van der Waals surface area contributed by atoms with E-state index >= 15 is 0 Å². The number of hydrazine groups is 1. The second-order valence-electron chi connectivity index (χ2n) is 3.84. The minimum atomic E-state index is -0.576. The maximum Gasteiger partial charge on any atom is 0.312 e. The molecule has 5 heteroatoms. The van der Waals surface area contributed by atoms with Crippen molar-refractivity contribution in [3.63, 3.8) is 0 Å². The number of hydrogen-bond acceptors (Lipinski definition) is 4. The molecule has 0 spiro atoms. The summed E-state index contributed by atoms with van der Waals surface area (Å²) in [5.41, 5.74) is 3.54. The molecule has 0 bridgehead atoms. The molecule has 0 aromatic heterocycles. The minimum absolute atomic E-state index is 0.436. The summed E-state index contributed by atoms with van der Waals surface area (Å²) in [6.07, 6.45) is -0.576. The van der Waals surface area contributed by atoms with E-state index in [0.29, 0.717) is 5.69 Å². The molecule has 1 heterocycles. The largest absolute Gasteiger partial charge is 0.312 e. The molecule has 1 unspecified atom stereocenters. The van der Waals surface area contributed by atoms with Crippen LogP contribution in [0.2, 0.25) is 0 Å². The average Bonchev–Trinajstić information content (AvgIpc) is 2.58. The Morgan fingerprint density at radius 2 is 1.81 bits per heavy atom. The van der Waals surface area contributed by atoms with Crippen molar-refractivity contribution >= 4 is 17.4 Å². The van der Waals surface area contributed by atoms with E-state index in [1.807, 2.05) is 18.2 Å². The van der Waals surface area contributed by atoms with Crippen LogP contribution in [0, 0.1) is 0 Å². The molecule has 1 fully saturated rings. The highest BCUT2D eigenvalue weighted by molar-refractivity contribution is 6.44. The van der Waals surface area contributed by atoms with Crippen molar-refractivity contribution in [1.82, 2.24) is 10.3 Å². The minimum Gasteiger partial charge on any atom is -0.286 e. The van der Waals surface area contributed by atoms with E-state index < -0.39 is 17.9 Å². The van der Waals surface area contributed by atoms with Crippen LogP contribution in [0.3, 0.4) is 0 Å². The van der Waals surface area contributed by atoms with Crippen LogP contribution in [0.4, 0.5) is 5.69 Å². The summed E-state index contributed by atoms with van der Waals surface area (Å²) >= 11 is 0. The standard InChI is InChI=1S/C11H13N3O2/c1-13(2)10-9(15)11(16)14(12-10)8-6-4-3-5-7-8/h3-7,10,12H,1-2H3. The van der Waals surface area contributed by atoms with Gasteiger partial charge in [-0.25, -0.2) is 10.4 Å². The summed E-state index contributed by atoms with van der Waals surface area (Å²) in [6, 6.07) is 9.04. The molecular weight excluding hydrogens is 206 g/mol. The molecule has 0 saturated carbocycles. The predicted molar refractivity (Wildman–Crippen MR) is 59.5 cm³/mol. The second kappa shape index (κ2) is 4.03.